The fourth-order valence-corrected chi connectivity index (χ4v) is 4.19. The lowest BCUT2D eigenvalue weighted by Gasteiger charge is -2.34. The molecule has 0 saturated carbocycles. The first-order valence-corrected chi connectivity index (χ1v) is 9.52. The fourth-order valence-electron chi connectivity index (χ4n) is 4.19. The van der Waals surface area contributed by atoms with Crippen molar-refractivity contribution in [3.63, 3.8) is 0 Å². The third kappa shape index (κ3) is 3.21. The molecule has 0 amide bonds. The summed E-state index contributed by atoms with van der Waals surface area (Å²) in [7, 11) is 3.29. The molecule has 2 aromatic carbocycles. The van der Waals surface area contributed by atoms with Gasteiger partial charge in [0.15, 0.2) is 5.78 Å². The Kier molecular flexibility index (Phi) is 4.53. The summed E-state index contributed by atoms with van der Waals surface area (Å²) in [5, 5.41) is 7.12. The summed E-state index contributed by atoms with van der Waals surface area (Å²) in [4.78, 5) is 13.3. The van der Waals surface area contributed by atoms with Gasteiger partial charge in [0.25, 0.3) is 0 Å². The Bertz CT molecular complexity index is 962. The number of Topliss-reactive ketones (excluding diaryl/α,β-unsaturated/α-hetero) is 1. The molecular weight excluding hydrogens is 352 g/mol. The molecule has 0 saturated heterocycles. The van der Waals surface area contributed by atoms with E-state index in [1.807, 2.05) is 42.5 Å². The molecule has 2 aromatic rings. The summed E-state index contributed by atoms with van der Waals surface area (Å²) in [5.74, 6) is 1.62. The first-order chi connectivity index (χ1) is 13.4. The molecule has 0 bridgehead atoms. The second-order valence-corrected chi connectivity index (χ2v) is 8.19. The molecule has 146 valence electrons. The number of carbonyl (C=O) groups excluding carboxylic acids is 1. The molecule has 4 rings (SSSR count). The molecule has 0 spiro atoms. The largest absolute Gasteiger partial charge is 0.497 e. The highest BCUT2D eigenvalue weighted by Gasteiger charge is 2.39. The van der Waals surface area contributed by atoms with Gasteiger partial charge < -0.3 is 20.1 Å². The molecule has 5 nitrogen and oxygen atoms in total. The number of hydrogen-bond donors (Lipinski definition) is 2. The number of hydrogen-bond acceptors (Lipinski definition) is 5. The first-order valence-electron chi connectivity index (χ1n) is 9.52. The van der Waals surface area contributed by atoms with E-state index in [2.05, 4.69) is 24.5 Å². The Hall–Kier alpha value is -2.95. The first kappa shape index (κ1) is 18.4. The van der Waals surface area contributed by atoms with Gasteiger partial charge in [0, 0.05) is 23.3 Å². The van der Waals surface area contributed by atoms with Gasteiger partial charge in [0.2, 0.25) is 0 Å². The van der Waals surface area contributed by atoms with E-state index in [0.717, 1.165) is 46.1 Å². The molecule has 1 aliphatic heterocycles. The Balaban J connectivity index is 1.93. The maximum Gasteiger partial charge on any atom is 0.163 e. The highest BCUT2D eigenvalue weighted by Crippen LogP contribution is 2.47. The molecule has 0 aromatic heterocycles. The number of carbonyl (C=O) groups is 1. The molecule has 1 heterocycles. The highest BCUT2D eigenvalue weighted by molar-refractivity contribution is 6.01. The molecule has 1 aliphatic carbocycles. The van der Waals surface area contributed by atoms with Crippen LogP contribution in [0.1, 0.15) is 38.3 Å². The van der Waals surface area contributed by atoms with Crippen molar-refractivity contribution in [3.8, 4) is 11.5 Å². The summed E-state index contributed by atoms with van der Waals surface area (Å²) in [6.07, 6.45) is 1.33. The third-order valence-electron chi connectivity index (χ3n) is 5.47. The van der Waals surface area contributed by atoms with E-state index in [1.165, 1.54) is 0 Å². The highest BCUT2D eigenvalue weighted by atomic mass is 16.5. The molecule has 0 unspecified atom stereocenters. The van der Waals surface area contributed by atoms with Gasteiger partial charge in [-0.05, 0) is 42.2 Å². The van der Waals surface area contributed by atoms with Gasteiger partial charge in [-0.25, -0.2) is 0 Å². The predicted octanol–water partition coefficient (Wildman–Crippen LogP) is 4.93. The van der Waals surface area contributed by atoms with Crippen molar-refractivity contribution in [2.45, 2.75) is 32.7 Å². The quantitative estimate of drug-likeness (QED) is 0.793. The zero-order valence-electron chi connectivity index (χ0n) is 16.8. The standard InChI is InChI=1S/C23H26N2O3/c1-23(2)12-18-21(19(26)13-23)22(25-17-8-6-5-7-16(17)24-18)15-11-14(27-3)9-10-20(15)28-4/h5-11,22,24-25H,12-13H2,1-4H3/t22-/m1/s1. The Morgan fingerprint density at radius 1 is 1.00 bits per heavy atom. The average Bonchev–Trinajstić information content (AvgIpc) is 2.82. The van der Waals surface area contributed by atoms with Gasteiger partial charge in [-0.1, -0.05) is 26.0 Å². The van der Waals surface area contributed by atoms with Crippen molar-refractivity contribution < 1.29 is 14.3 Å². The lowest BCUT2D eigenvalue weighted by atomic mass is 9.73. The monoisotopic (exact) mass is 378 g/mol. The summed E-state index contributed by atoms with van der Waals surface area (Å²) in [6, 6.07) is 13.4. The fraction of sp³-hybridized carbons (Fsp3) is 0.348. The maximum atomic E-state index is 13.3. The lowest BCUT2D eigenvalue weighted by Crippen LogP contribution is -2.31. The van der Waals surface area contributed by atoms with E-state index in [-0.39, 0.29) is 17.2 Å². The van der Waals surface area contributed by atoms with Gasteiger partial charge in [-0.2, -0.15) is 0 Å². The summed E-state index contributed by atoms with van der Waals surface area (Å²) in [6.45, 7) is 4.28. The summed E-state index contributed by atoms with van der Waals surface area (Å²) >= 11 is 0. The van der Waals surface area contributed by atoms with Crippen molar-refractivity contribution in [2.24, 2.45) is 5.41 Å². The summed E-state index contributed by atoms with van der Waals surface area (Å²) in [5.41, 5.74) is 4.50. The maximum absolute atomic E-state index is 13.3. The topological polar surface area (TPSA) is 59.6 Å². The van der Waals surface area contributed by atoms with Crippen LogP contribution in [0.15, 0.2) is 53.7 Å². The zero-order valence-corrected chi connectivity index (χ0v) is 16.8. The predicted molar refractivity (Wildman–Crippen MR) is 111 cm³/mol. The van der Waals surface area contributed by atoms with Crippen molar-refractivity contribution in [3.05, 3.63) is 59.3 Å². The van der Waals surface area contributed by atoms with Gasteiger partial charge in [-0.3, -0.25) is 4.79 Å². The third-order valence-corrected chi connectivity index (χ3v) is 5.47. The average molecular weight is 378 g/mol. The Morgan fingerprint density at radius 3 is 2.46 bits per heavy atom. The number of para-hydroxylation sites is 2. The molecular formula is C23H26N2O3. The van der Waals surface area contributed by atoms with Crippen molar-refractivity contribution >= 4 is 17.2 Å². The van der Waals surface area contributed by atoms with Crippen LogP contribution < -0.4 is 20.1 Å². The molecule has 2 N–H and O–H groups in total. The number of methoxy groups -OCH3 is 2. The molecule has 0 fully saturated rings. The van der Waals surface area contributed by atoms with Gasteiger partial charge in [-0.15, -0.1) is 0 Å². The number of benzene rings is 2. The van der Waals surface area contributed by atoms with Crippen LogP contribution in [0.5, 0.6) is 11.5 Å². The Morgan fingerprint density at radius 2 is 1.75 bits per heavy atom. The molecule has 1 atom stereocenters. The van der Waals surface area contributed by atoms with E-state index in [9.17, 15) is 4.79 Å². The number of anilines is 2. The molecule has 28 heavy (non-hydrogen) atoms. The molecule has 0 radical (unpaired) electrons. The van der Waals surface area contributed by atoms with E-state index in [1.54, 1.807) is 14.2 Å². The summed E-state index contributed by atoms with van der Waals surface area (Å²) < 4.78 is 11.1. The Labute approximate surface area is 165 Å². The normalized spacial score (nSPS) is 20.3. The van der Waals surface area contributed by atoms with Crippen molar-refractivity contribution in [1.29, 1.82) is 0 Å². The van der Waals surface area contributed by atoms with Gasteiger partial charge in [0.05, 0.1) is 31.6 Å². The van der Waals surface area contributed by atoms with Crippen molar-refractivity contribution in [1.82, 2.24) is 0 Å². The van der Waals surface area contributed by atoms with E-state index in [4.69, 9.17) is 9.47 Å². The number of allylic oxidation sites excluding steroid dienone is 1. The van der Waals surface area contributed by atoms with Crippen LogP contribution in [0.25, 0.3) is 0 Å². The number of nitrogens with one attached hydrogen (secondary N) is 2. The van der Waals surface area contributed by atoms with Crippen LogP contribution in [-0.4, -0.2) is 20.0 Å². The van der Waals surface area contributed by atoms with E-state index < -0.39 is 0 Å². The van der Waals surface area contributed by atoms with Crippen LogP contribution >= 0.6 is 0 Å². The number of ether oxygens (including phenoxy) is 2. The molecule has 2 aliphatic rings. The minimum Gasteiger partial charge on any atom is -0.497 e. The van der Waals surface area contributed by atoms with Crippen molar-refractivity contribution in [2.75, 3.05) is 24.9 Å². The van der Waals surface area contributed by atoms with E-state index >= 15 is 0 Å². The van der Waals surface area contributed by atoms with E-state index in [0.29, 0.717) is 6.42 Å². The molecule has 5 heteroatoms. The van der Waals surface area contributed by atoms with Crippen LogP contribution in [0.2, 0.25) is 0 Å². The number of fused-ring (bicyclic) bond motifs is 1. The smallest absolute Gasteiger partial charge is 0.163 e. The number of rotatable bonds is 3. The van der Waals surface area contributed by atoms with Gasteiger partial charge >= 0.3 is 0 Å². The zero-order chi connectivity index (χ0) is 19.9. The van der Waals surface area contributed by atoms with Crippen LogP contribution in [0.3, 0.4) is 0 Å². The van der Waals surface area contributed by atoms with Crippen LogP contribution in [0.4, 0.5) is 11.4 Å². The lowest BCUT2D eigenvalue weighted by molar-refractivity contribution is -0.118. The minimum atomic E-state index is -0.320. The second kappa shape index (κ2) is 6.89. The van der Waals surface area contributed by atoms with Crippen LogP contribution in [-0.2, 0) is 4.79 Å². The van der Waals surface area contributed by atoms with Gasteiger partial charge in [0.1, 0.15) is 11.5 Å². The van der Waals surface area contributed by atoms with Crippen LogP contribution in [0, 0.1) is 5.41 Å². The SMILES string of the molecule is COc1ccc(OC)c([C@H]2Nc3ccccc3NC3=C2C(=O)CC(C)(C)C3)c1. The second-order valence-electron chi connectivity index (χ2n) is 8.19. The minimum absolute atomic E-state index is 0.0782. The number of ketones is 1.